The van der Waals surface area contributed by atoms with Crippen LogP contribution >= 0.6 is 0 Å². The summed E-state index contributed by atoms with van der Waals surface area (Å²) in [5.41, 5.74) is 7.88. The molecule has 1 atom stereocenters. The summed E-state index contributed by atoms with van der Waals surface area (Å²) < 4.78 is 1.89. The van der Waals surface area contributed by atoms with E-state index in [1.54, 1.807) is 0 Å². The van der Waals surface area contributed by atoms with Crippen molar-refractivity contribution in [3.8, 4) is 0 Å². The molecule has 2 aromatic rings. The summed E-state index contributed by atoms with van der Waals surface area (Å²) in [6.07, 6.45) is 3.84. The molecule has 2 heterocycles. The van der Waals surface area contributed by atoms with Gasteiger partial charge in [0.2, 0.25) is 0 Å². The normalized spacial score (nSPS) is 13.2. The highest BCUT2D eigenvalue weighted by Gasteiger charge is 2.11. The number of anilines is 1. The van der Waals surface area contributed by atoms with Crippen molar-refractivity contribution in [1.82, 2.24) is 14.6 Å². The predicted octanol–water partition coefficient (Wildman–Crippen LogP) is 2.22. The van der Waals surface area contributed by atoms with Gasteiger partial charge in [-0.25, -0.2) is 9.50 Å². The van der Waals surface area contributed by atoms with E-state index in [1.165, 1.54) is 18.4 Å². The fraction of sp³-hybridized carbons (Fsp3) is 0.455. The zero-order valence-electron chi connectivity index (χ0n) is 9.14. The minimum absolute atomic E-state index is 0.506. The van der Waals surface area contributed by atoms with Crippen molar-refractivity contribution in [1.29, 1.82) is 0 Å². The van der Waals surface area contributed by atoms with Crippen molar-refractivity contribution in [3.63, 3.8) is 0 Å². The molecule has 0 aromatic carbocycles. The molecule has 0 radical (unpaired) electrons. The molecule has 0 aliphatic carbocycles. The smallest absolute Gasteiger partial charge is 0.151 e. The Labute approximate surface area is 89.1 Å². The van der Waals surface area contributed by atoms with Crippen molar-refractivity contribution < 1.29 is 0 Å². The van der Waals surface area contributed by atoms with E-state index in [0.29, 0.717) is 11.7 Å². The number of nitrogens with zero attached hydrogens (tertiary/aromatic N) is 3. The van der Waals surface area contributed by atoms with E-state index in [4.69, 9.17) is 5.73 Å². The van der Waals surface area contributed by atoms with Crippen LogP contribution in [-0.4, -0.2) is 14.6 Å². The van der Waals surface area contributed by atoms with Crippen LogP contribution in [0.15, 0.2) is 18.5 Å². The molecule has 4 heteroatoms. The first kappa shape index (κ1) is 9.96. The molecule has 0 fully saturated rings. The lowest BCUT2D eigenvalue weighted by Crippen LogP contribution is -2.04. The Kier molecular flexibility index (Phi) is 2.58. The predicted molar refractivity (Wildman–Crippen MR) is 60.7 cm³/mol. The van der Waals surface area contributed by atoms with E-state index in [0.717, 1.165) is 11.9 Å². The van der Waals surface area contributed by atoms with Gasteiger partial charge in [0.15, 0.2) is 5.82 Å². The van der Waals surface area contributed by atoms with Gasteiger partial charge in [-0.2, -0.15) is 5.10 Å². The van der Waals surface area contributed by atoms with Crippen molar-refractivity contribution >= 4 is 11.3 Å². The van der Waals surface area contributed by atoms with Gasteiger partial charge < -0.3 is 5.73 Å². The summed E-state index contributed by atoms with van der Waals surface area (Å²) in [4.78, 5) is 3.97. The first-order valence-electron chi connectivity index (χ1n) is 5.32. The fourth-order valence-corrected chi connectivity index (χ4v) is 1.93. The topological polar surface area (TPSA) is 56.2 Å². The average Bonchev–Trinajstić information content (AvgIpc) is 2.63. The standard InChI is InChI=1S/C11H16N4/c1-3-4-8(2)9-5-6-10-11(12)13-7-14-15(9)10/h5-8H,3-4H2,1-2H3,(H2,12,13,14)/t8-/m1/s1. The lowest BCUT2D eigenvalue weighted by atomic mass is 10.0. The summed E-state index contributed by atoms with van der Waals surface area (Å²) in [7, 11) is 0. The van der Waals surface area contributed by atoms with Gasteiger partial charge in [-0.15, -0.1) is 0 Å². The molecule has 15 heavy (non-hydrogen) atoms. The molecule has 2 N–H and O–H groups in total. The lowest BCUT2D eigenvalue weighted by molar-refractivity contribution is 0.627. The molecule has 0 amide bonds. The molecule has 0 bridgehead atoms. The van der Waals surface area contributed by atoms with Crippen LogP contribution in [0.25, 0.3) is 5.52 Å². The third kappa shape index (κ3) is 1.67. The number of rotatable bonds is 3. The number of hydrogen-bond acceptors (Lipinski definition) is 3. The van der Waals surface area contributed by atoms with E-state index in [1.807, 2.05) is 10.6 Å². The van der Waals surface area contributed by atoms with E-state index < -0.39 is 0 Å². The van der Waals surface area contributed by atoms with Crippen LogP contribution in [-0.2, 0) is 0 Å². The van der Waals surface area contributed by atoms with Gasteiger partial charge in [-0.05, 0) is 24.5 Å². The molecule has 2 rings (SSSR count). The molecular formula is C11H16N4. The van der Waals surface area contributed by atoms with Gasteiger partial charge in [0.1, 0.15) is 11.8 Å². The summed E-state index contributed by atoms with van der Waals surface area (Å²) >= 11 is 0. The van der Waals surface area contributed by atoms with Gasteiger partial charge in [0.05, 0.1) is 0 Å². The number of nitrogens with two attached hydrogens (primary N) is 1. The Morgan fingerprint density at radius 2 is 2.27 bits per heavy atom. The van der Waals surface area contributed by atoms with Gasteiger partial charge in [0, 0.05) is 5.69 Å². The third-order valence-corrected chi connectivity index (χ3v) is 2.74. The summed E-state index contributed by atoms with van der Waals surface area (Å²) in [5.74, 6) is 1.05. The Morgan fingerprint density at radius 1 is 1.47 bits per heavy atom. The number of aromatic nitrogens is 3. The first-order chi connectivity index (χ1) is 7.24. The minimum Gasteiger partial charge on any atom is -0.382 e. The molecule has 0 saturated heterocycles. The molecule has 0 saturated carbocycles. The highest BCUT2D eigenvalue weighted by molar-refractivity contribution is 5.65. The lowest BCUT2D eigenvalue weighted by Gasteiger charge is -2.09. The van der Waals surface area contributed by atoms with Crippen LogP contribution in [0.5, 0.6) is 0 Å². The van der Waals surface area contributed by atoms with Crippen molar-refractivity contribution in [3.05, 3.63) is 24.2 Å². The quantitative estimate of drug-likeness (QED) is 0.834. The highest BCUT2D eigenvalue weighted by atomic mass is 15.3. The Hall–Kier alpha value is -1.58. The average molecular weight is 204 g/mol. The zero-order valence-corrected chi connectivity index (χ0v) is 9.14. The Morgan fingerprint density at radius 3 is 3.00 bits per heavy atom. The van der Waals surface area contributed by atoms with Gasteiger partial charge in [-0.3, -0.25) is 0 Å². The van der Waals surface area contributed by atoms with Crippen LogP contribution in [0.1, 0.15) is 38.3 Å². The molecule has 2 aromatic heterocycles. The van der Waals surface area contributed by atoms with Crippen LogP contribution in [0.2, 0.25) is 0 Å². The molecule has 0 aliphatic rings. The van der Waals surface area contributed by atoms with Crippen molar-refractivity contribution in [2.45, 2.75) is 32.6 Å². The van der Waals surface area contributed by atoms with Gasteiger partial charge in [0.25, 0.3) is 0 Å². The Balaban J connectivity index is 2.49. The maximum absolute atomic E-state index is 5.77. The molecule has 0 aliphatic heterocycles. The SMILES string of the molecule is CCC[C@@H](C)c1ccc2c(N)ncnn12. The van der Waals surface area contributed by atoms with E-state index in [2.05, 4.69) is 30.0 Å². The second-order valence-electron chi connectivity index (χ2n) is 3.89. The third-order valence-electron chi connectivity index (χ3n) is 2.74. The molecular weight excluding hydrogens is 188 g/mol. The van der Waals surface area contributed by atoms with Crippen LogP contribution < -0.4 is 5.73 Å². The first-order valence-corrected chi connectivity index (χ1v) is 5.32. The van der Waals surface area contributed by atoms with E-state index >= 15 is 0 Å². The maximum atomic E-state index is 5.77. The highest BCUT2D eigenvalue weighted by Crippen LogP contribution is 2.23. The van der Waals surface area contributed by atoms with Crippen LogP contribution in [0, 0.1) is 0 Å². The Bertz CT molecular complexity index is 461. The van der Waals surface area contributed by atoms with Crippen molar-refractivity contribution in [2.24, 2.45) is 0 Å². The van der Waals surface area contributed by atoms with Gasteiger partial charge >= 0.3 is 0 Å². The van der Waals surface area contributed by atoms with E-state index in [-0.39, 0.29) is 0 Å². The summed E-state index contributed by atoms with van der Waals surface area (Å²) in [6.45, 7) is 4.40. The monoisotopic (exact) mass is 204 g/mol. The second-order valence-corrected chi connectivity index (χ2v) is 3.89. The maximum Gasteiger partial charge on any atom is 0.151 e. The minimum atomic E-state index is 0.506. The number of hydrogen-bond donors (Lipinski definition) is 1. The fourth-order valence-electron chi connectivity index (χ4n) is 1.93. The summed E-state index contributed by atoms with van der Waals surface area (Å²) in [5, 5.41) is 4.23. The van der Waals surface area contributed by atoms with Crippen LogP contribution in [0.3, 0.4) is 0 Å². The molecule has 0 spiro atoms. The van der Waals surface area contributed by atoms with E-state index in [9.17, 15) is 0 Å². The number of fused-ring (bicyclic) bond motifs is 1. The zero-order chi connectivity index (χ0) is 10.8. The molecule has 0 unspecified atom stereocenters. The van der Waals surface area contributed by atoms with Gasteiger partial charge in [-0.1, -0.05) is 20.3 Å². The largest absolute Gasteiger partial charge is 0.382 e. The molecule has 4 nitrogen and oxygen atoms in total. The summed E-state index contributed by atoms with van der Waals surface area (Å²) in [6, 6.07) is 4.07. The number of nitrogen functional groups attached to an aromatic ring is 1. The van der Waals surface area contributed by atoms with Crippen LogP contribution in [0.4, 0.5) is 5.82 Å². The second kappa shape index (κ2) is 3.88. The van der Waals surface area contributed by atoms with Crippen molar-refractivity contribution in [2.75, 3.05) is 5.73 Å². The molecule has 80 valence electrons.